The van der Waals surface area contributed by atoms with E-state index in [1.54, 1.807) is 29.1 Å². The van der Waals surface area contributed by atoms with Gasteiger partial charge in [-0.2, -0.15) is 5.10 Å². The highest BCUT2D eigenvalue weighted by Crippen LogP contribution is 2.45. The minimum atomic E-state index is -1.12. The van der Waals surface area contributed by atoms with Crippen LogP contribution in [0.2, 0.25) is 0 Å². The lowest BCUT2D eigenvalue weighted by Gasteiger charge is -2.42. The zero-order chi connectivity index (χ0) is 21.6. The van der Waals surface area contributed by atoms with Crippen LogP contribution in [0.4, 0.5) is 4.79 Å². The first-order valence-electron chi connectivity index (χ1n) is 11.8. The standard InChI is InChI=1S/C24H32N4O3/c1-26-24(16-20(25-26)19-14-8-9-15-21(19)29)22(30)27(17-10-4-2-5-11-17)23(31)28(24)18-12-6-3-7-13-18/h8-9,14-15,17-18,29H,2-7,10-13,16H2,1H3. The molecule has 3 amide bonds. The van der Waals surface area contributed by atoms with Crippen LogP contribution in [0.3, 0.4) is 0 Å². The molecular weight excluding hydrogens is 392 g/mol. The molecule has 31 heavy (non-hydrogen) atoms. The largest absolute Gasteiger partial charge is 0.507 e. The van der Waals surface area contributed by atoms with Gasteiger partial charge in [-0.3, -0.25) is 19.6 Å². The molecule has 1 unspecified atom stereocenters. The maximum atomic E-state index is 14.1. The van der Waals surface area contributed by atoms with Crippen LogP contribution in [0.5, 0.6) is 5.75 Å². The van der Waals surface area contributed by atoms with Crippen LogP contribution in [0, 0.1) is 0 Å². The number of phenols is 1. The summed E-state index contributed by atoms with van der Waals surface area (Å²) < 4.78 is 0. The van der Waals surface area contributed by atoms with Gasteiger partial charge in [0.15, 0.2) is 0 Å². The van der Waals surface area contributed by atoms with Crippen molar-refractivity contribution in [1.29, 1.82) is 0 Å². The Morgan fingerprint density at radius 3 is 2.19 bits per heavy atom. The molecule has 2 saturated carbocycles. The Kier molecular flexibility index (Phi) is 5.15. The smallest absolute Gasteiger partial charge is 0.329 e. The number of rotatable bonds is 3. The Balaban J connectivity index is 1.55. The summed E-state index contributed by atoms with van der Waals surface area (Å²) in [5, 5.41) is 16.8. The molecule has 2 aliphatic heterocycles. The first-order valence-corrected chi connectivity index (χ1v) is 11.8. The molecule has 1 saturated heterocycles. The van der Waals surface area contributed by atoms with Gasteiger partial charge in [-0.05, 0) is 37.8 Å². The van der Waals surface area contributed by atoms with Crippen molar-refractivity contribution in [2.24, 2.45) is 5.10 Å². The van der Waals surface area contributed by atoms with Crippen molar-refractivity contribution in [3.63, 3.8) is 0 Å². The van der Waals surface area contributed by atoms with E-state index in [1.807, 2.05) is 17.0 Å². The minimum Gasteiger partial charge on any atom is -0.507 e. The molecule has 4 aliphatic rings. The second-order valence-corrected chi connectivity index (χ2v) is 9.49. The highest BCUT2D eigenvalue weighted by atomic mass is 16.3. The van der Waals surface area contributed by atoms with E-state index in [9.17, 15) is 14.7 Å². The molecule has 7 heteroatoms. The van der Waals surface area contributed by atoms with Crippen molar-refractivity contribution in [3.8, 4) is 5.75 Å². The molecule has 2 heterocycles. The van der Waals surface area contributed by atoms with Crippen LogP contribution in [0.25, 0.3) is 0 Å². The Morgan fingerprint density at radius 1 is 0.935 bits per heavy atom. The van der Waals surface area contributed by atoms with E-state index in [-0.39, 0.29) is 29.8 Å². The van der Waals surface area contributed by atoms with Gasteiger partial charge in [0.25, 0.3) is 5.91 Å². The molecule has 166 valence electrons. The number of para-hydroxylation sites is 1. The SMILES string of the molecule is CN1N=C(c2ccccc2O)CC12C(=O)N(C1CCCCC1)C(=O)N2C1CCCCC1. The number of nitrogens with zero attached hydrogens (tertiary/aromatic N) is 4. The Labute approximate surface area is 183 Å². The van der Waals surface area contributed by atoms with Gasteiger partial charge in [0.1, 0.15) is 5.75 Å². The summed E-state index contributed by atoms with van der Waals surface area (Å²) in [5.41, 5.74) is 0.174. The average Bonchev–Trinajstić information content (AvgIpc) is 3.24. The number of aromatic hydroxyl groups is 1. The fourth-order valence-corrected chi connectivity index (χ4v) is 6.08. The third kappa shape index (κ3) is 3.12. The number of likely N-dealkylation sites (N-methyl/N-ethyl adjacent to an activating group) is 1. The number of hydrazone groups is 1. The van der Waals surface area contributed by atoms with Crippen molar-refractivity contribution in [2.75, 3.05) is 7.05 Å². The van der Waals surface area contributed by atoms with Gasteiger partial charge < -0.3 is 5.11 Å². The zero-order valence-electron chi connectivity index (χ0n) is 18.3. The van der Waals surface area contributed by atoms with Crippen LogP contribution in [0.15, 0.2) is 29.4 Å². The van der Waals surface area contributed by atoms with Gasteiger partial charge in [-0.25, -0.2) is 4.79 Å². The normalized spacial score (nSPS) is 28.2. The summed E-state index contributed by atoms with van der Waals surface area (Å²) in [4.78, 5) is 31.3. The van der Waals surface area contributed by atoms with Crippen molar-refractivity contribution in [1.82, 2.24) is 14.8 Å². The first kappa shape index (κ1) is 20.3. The maximum Gasteiger partial charge on any atom is 0.329 e. The maximum absolute atomic E-state index is 14.1. The van der Waals surface area contributed by atoms with E-state index in [0.717, 1.165) is 51.4 Å². The monoisotopic (exact) mass is 424 g/mol. The number of amides is 3. The topological polar surface area (TPSA) is 76.5 Å². The van der Waals surface area contributed by atoms with Crippen molar-refractivity contribution in [3.05, 3.63) is 29.8 Å². The van der Waals surface area contributed by atoms with Crippen LogP contribution >= 0.6 is 0 Å². The van der Waals surface area contributed by atoms with E-state index in [0.29, 0.717) is 17.7 Å². The summed E-state index contributed by atoms with van der Waals surface area (Å²) in [7, 11) is 1.80. The molecule has 1 atom stereocenters. The summed E-state index contributed by atoms with van der Waals surface area (Å²) in [6.45, 7) is 0. The van der Waals surface area contributed by atoms with Gasteiger partial charge in [0.05, 0.1) is 5.71 Å². The molecule has 1 aromatic rings. The fraction of sp³-hybridized carbons (Fsp3) is 0.625. The van der Waals surface area contributed by atoms with E-state index >= 15 is 0 Å². The lowest BCUT2D eigenvalue weighted by atomic mass is 9.90. The first-order chi connectivity index (χ1) is 15.0. The molecule has 0 aromatic heterocycles. The Hall–Kier alpha value is -2.57. The summed E-state index contributed by atoms with van der Waals surface area (Å²) in [6.07, 6.45) is 10.6. The number of carbonyl (C=O) groups is 2. The van der Waals surface area contributed by atoms with Crippen LogP contribution in [-0.4, -0.2) is 62.4 Å². The van der Waals surface area contributed by atoms with E-state index in [1.165, 1.54) is 12.8 Å². The number of phenolic OH excluding ortho intramolecular Hbond substituents is 1. The molecule has 0 bridgehead atoms. The number of benzene rings is 1. The van der Waals surface area contributed by atoms with Gasteiger partial charge in [-0.1, -0.05) is 50.7 Å². The number of urea groups is 1. The second kappa shape index (κ2) is 7.84. The van der Waals surface area contributed by atoms with Crippen LogP contribution < -0.4 is 0 Å². The number of carbonyl (C=O) groups excluding carboxylic acids is 2. The van der Waals surface area contributed by atoms with Gasteiger partial charge in [-0.15, -0.1) is 0 Å². The van der Waals surface area contributed by atoms with Gasteiger partial charge in [0.2, 0.25) is 5.66 Å². The predicted octanol–water partition coefficient (Wildman–Crippen LogP) is 4.06. The highest BCUT2D eigenvalue weighted by molar-refractivity contribution is 6.14. The lowest BCUT2D eigenvalue weighted by molar-refractivity contribution is -0.144. The molecule has 0 radical (unpaired) electrons. The molecule has 1 N–H and O–H groups in total. The molecule has 7 nitrogen and oxygen atoms in total. The van der Waals surface area contributed by atoms with E-state index < -0.39 is 5.66 Å². The molecule has 1 spiro atoms. The quantitative estimate of drug-likeness (QED) is 0.743. The molecule has 5 rings (SSSR count). The van der Waals surface area contributed by atoms with Crippen LogP contribution in [-0.2, 0) is 4.79 Å². The molecule has 2 aliphatic carbocycles. The summed E-state index contributed by atoms with van der Waals surface area (Å²) in [6, 6.07) is 7.00. The van der Waals surface area contributed by atoms with Crippen molar-refractivity contribution >= 4 is 17.6 Å². The Morgan fingerprint density at radius 2 is 1.55 bits per heavy atom. The summed E-state index contributed by atoms with van der Waals surface area (Å²) >= 11 is 0. The van der Waals surface area contributed by atoms with E-state index in [4.69, 9.17) is 5.10 Å². The second-order valence-electron chi connectivity index (χ2n) is 9.49. The summed E-state index contributed by atoms with van der Waals surface area (Å²) in [5.74, 6) is 0.0171. The zero-order valence-corrected chi connectivity index (χ0v) is 18.3. The molecular formula is C24H32N4O3. The van der Waals surface area contributed by atoms with Crippen molar-refractivity contribution < 1.29 is 14.7 Å². The number of hydrogen-bond donors (Lipinski definition) is 1. The predicted molar refractivity (Wildman–Crippen MR) is 118 cm³/mol. The average molecular weight is 425 g/mol. The van der Waals surface area contributed by atoms with Crippen LogP contribution in [0.1, 0.15) is 76.2 Å². The lowest BCUT2D eigenvalue weighted by Crippen LogP contribution is -2.60. The number of imide groups is 1. The molecule has 1 aromatic carbocycles. The number of hydrogen-bond acceptors (Lipinski definition) is 5. The van der Waals surface area contributed by atoms with Gasteiger partial charge in [0, 0.05) is 31.1 Å². The van der Waals surface area contributed by atoms with Crippen molar-refractivity contribution in [2.45, 2.75) is 88.4 Å². The highest BCUT2D eigenvalue weighted by Gasteiger charge is 2.65. The Bertz CT molecular complexity index is 904. The fourth-order valence-electron chi connectivity index (χ4n) is 6.08. The van der Waals surface area contributed by atoms with E-state index in [2.05, 4.69) is 0 Å². The third-order valence-electron chi connectivity index (χ3n) is 7.69. The molecule has 3 fully saturated rings. The third-order valence-corrected chi connectivity index (χ3v) is 7.69. The minimum absolute atomic E-state index is 0.0122. The van der Waals surface area contributed by atoms with Gasteiger partial charge >= 0.3 is 6.03 Å².